The first-order valence-electron chi connectivity index (χ1n) is 9.59. The van der Waals surface area contributed by atoms with Gasteiger partial charge in [0.15, 0.2) is 0 Å². The molecule has 4 heteroatoms. The van der Waals surface area contributed by atoms with Crippen LogP contribution in [0.5, 0.6) is 0 Å². The highest BCUT2D eigenvalue weighted by Gasteiger charge is 2.22. The van der Waals surface area contributed by atoms with Crippen LogP contribution < -0.4 is 4.90 Å². The smallest absolute Gasteiger partial charge is 0.335 e. The first-order chi connectivity index (χ1) is 13.2. The lowest BCUT2D eigenvalue weighted by atomic mass is 9.84. The third-order valence-corrected chi connectivity index (χ3v) is 4.73. The number of anilines is 1. The van der Waals surface area contributed by atoms with E-state index < -0.39 is 12.1 Å². The Morgan fingerprint density at radius 2 is 1.68 bits per heavy atom. The summed E-state index contributed by atoms with van der Waals surface area (Å²) in [6, 6.07) is 12.3. The van der Waals surface area contributed by atoms with Gasteiger partial charge in [0.25, 0.3) is 0 Å². The minimum absolute atomic E-state index is 0.0618. The molecule has 1 atom stereocenters. The van der Waals surface area contributed by atoms with Crippen LogP contribution in [0.4, 0.5) is 5.69 Å². The average molecular weight is 380 g/mol. The Bertz CT molecular complexity index is 879. The number of aliphatic hydroxyl groups is 1. The summed E-state index contributed by atoms with van der Waals surface area (Å²) < 4.78 is 0. The van der Waals surface area contributed by atoms with E-state index in [4.69, 9.17) is 5.11 Å². The van der Waals surface area contributed by atoms with Crippen molar-refractivity contribution < 1.29 is 15.0 Å². The highest BCUT2D eigenvalue weighted by atomic mass is 16.4. The fourth-order valence-electron chi connectivity index (χ4n) is 3.10. The molecule has 0 aliphatic rings. The van der Waals surface area contributed by atoms with Crippen LogP contribution in [-0.4, -0.2) is 29.3 Å². The quantitative estimate of drug-likeness (QED) is 0.745. The van der Waals surface area contributed by atoms with Crippen LogP contribution in [0.3, 0.4) is 0 Å². The monoisotopic (exact) mass is 379 g/mol. The molecule has 1 unspecified atom stereocenters. The molecule has 28 heavy (non-hydrogen) atoms. The second kappa shape index (κ2) is 8.95. The third-order valence-electron chi connectivity index (χ3n) is 4.73. The topological polar surface area (TPSA) is 60.8 Å². The Balaban J connectivity index is 2.33. The van der Waals surface area contributed by atoms with Crippen LogP contribution in [0.2, 0.25) is 0 Å². The van der Waals surface area contributed by atoms with Crippen molar-refractivity contribution in [1.82, 2.24) is 0 Å². The Morgan fingerprint density at radius 1 is 1.07 bits per heavy atom. The van der Waals surface area contributed by atoms with Gasteiger partial charge in [0.2, 0.25) is 0 Å². The van der Waals surface area contributed by atoms with Crippen molar-refractivity contribution >= 4 is 11.7 Å². The maximum absolute atomic E-state index is 10.9. The predicted octanol–water partition coefficient (Wildman–Crippen LogP) is 4.61. The van der Waals surface area contributed by atoms with E-state index in [2.05, 4.69) is 57.4 Å². The van der Waals surface area contributed by atoms with Gasteiger partial charge < -0.3 is 15.1 Å². The van der Waals surface area contributed by atoms with Crippen molar-refractivity contribution in [2.75, 3.05) is 18.0 Å². The number of aliphatic hydroxyl groups excluding tert-OH is 1. The zero-order chi connectivity index (χ0) is 20.9. The number of hydrogen-bond acceptors (Lipinski definition) is 3. The lowest BCUT2D eigenvalue weighted by Gasteiger charge is -2.31. The largest absolute Gasteiger partial charge is 0.478 e. The fourth-order valence-corrected chi connectivity index (χ4v) is 3.10. The van der Waals surface area contributed by atoms with Gasteiger partial charge in [0.05, 0.1) is 5.56 Å². The number of aromatic carboxylic acids is 1. The number of nitrogens with zero attached hydrogens (tertiary/aromatic N) is 1. The van der Waals surface area contributed by atoms with Gasteiger partial charge in [-0.05, 0) is 66.8 Å². The van der Waals surface area contributed by atoms with Gasteiger partial charge in [-0.25, -0.2) is 4.79 Å². The van der Waals surface area contributed by atoms with Gasteiger partial charge in [0.1, 0.15) is 6.10 Å². The first-order valence-corrected chi connectivity index (χ1v) is 9.59. The number of carboxylic acid groups (broad SMARTS) is 1. The van der Waals surface area contributed by atoms with Crippen LogP contribution in [0.1, 0.15) is 67.8 Å². The molecule has 2 aromatic rings. The predicted molar refractivity (Wildman–Crippen MR) is 114 cm³/mol. The molecule has 148 valence electrons. The first kappa shape index (κ1) is 21.5. The summed E-state index contributed by atoms with van der Waals surface area (Å²) in [6.45, 7) is 12.6. The molecule has 2 aromatic carbocycles. The Labute approximate surface area is 167 Å². The molecule has 0 aliphatic heterocycles. The van der Waals surface area contributed by atoms with E-state index in [9.17, 15) is 9.90 Å². The highest BCUT2D eigenvalue weighted by Crippen LogP contribution is 2.34. The van der Waals surface area contributed by atoms with Gasteiger partial charge in [-0.2, -0.15) is 0 Å². The van der Waals surface area contributed by atoms with Crippen LogP contribution in [0.25, 0.3) is 0 Å². The summed E-state index contributed by atoms with van der Waals surface area (Å²) in [6.07, 6.45) is -0.911. The van der Waals surface area contributed by atoms with E-state index in [-0.39, 0.29) is 11.0 Å². The SMILES string of the molecule is CCN(CC)c1ccc(C(O)C#Cc2ccc(C(=O)O)cc2)cc1C(C)(C)C. The maximum atomic E-state index is 10.9. The van der Waals surface area contributed by atoms with Crippen molar-refractivity contribution in [2.24, 2.45) is 0 Å². The normalized spacial score (nSPS) is 12.1. The number of rotatable bonds is 5. The van der Waals surface area contributed by atoms with Gasteiger partial charge in [-0.1, -0.05) is 38.7 Å². The highest BCUT2D eigenvalue weighted by molar-refractivity contribution is 5.87. The lowest BCUT2D eigenvalue weighted by Crippen LogP contribution is -2.26. The van der Waals surface area contributed by atoms with E-state index in [0.29, 0.717) is 5.56 Å². The summed E-state index contributed by atoms with van der Waals surface area (Å²) in [5, 5.41) is 19.5. The van der Waals surface area contributed by atoms with Crippen molar-refractivity contribution in [3.8, 4) is 11.8 Å². The summed E-state index contributed by atoms with van der Waals surface area (Å²) in [7, 11) is 0. The number of benzene rings is 2. The number of carboxylic acids is 1. The Hall–Kier alpha value is -2.77. The van der Waals surface area contributed by atoms with Gasteiger partial charge >= 0.3 is 5.97 Å². The molecule has 2 rings (SSSR count). The molecule has 0 fully saturated rings. The number of carbonyl (C=O) groups is 1. The minimum atomic E-state index is -0.970. The second-order valence-corrected chi connectivity index (χ2v) is 7.75. The van der Waals surface area contributed by atoms with Gasteiger partial charge in [0, 0.05) is 24.3 Å². The fraction of sp³-hybridized carbons (Fsp3) is 0.375. The Morgan fingerprint density at radius 3 is 2.18 bits per heavy atom. The summed E-state index contributed by atoms with van der Waals surface area (Å²) >= 11 is 0. The second-order valence-electron chi connectivity index (χ2n) is 7.75. The van der Waals surface area contributed by atoms with Crippen LogP contribution >= 0.6 is 0 Å². The van der Waals surface area contributed by atoms with Crippen LogP contribution in [0, 0.1) is 11.8 Å². The van der Waals surface area contributed by atoms with Crippen molar-refractivity contribution in [3.05, 3.63) is 64.7 Å². The van der Waals surface area contributed by atoms with Crippen molar-refractivity contribution in [2.45, 2.75) is 46.1 Å². The summed E-state index contributed by atoms with van der Waals surface area (Å²) in [4.78, 5) is 13.2. The van der Waals surface area contributed by atoms with E-state index >= 15 is 0 Å². The molecule has 0 aromatic heterocycles. The van der Waals surface area contributed by atoms with Gasteiger partial charge in [-0.3, -0.25) is 0 Å². The van der Waals surface area contributed by atoms with E-state index in [1.807, 2.05) is 12.1 Å². The van der Waals surface area contributed by atoms with E-state index in [1.54, 1.807) is 12.1 Å². The third kappa shape index (κ3) is 5.15. The molecular formula is C24H29NO3. The van der Waals surface area contributed by atoms with Crippen LogP contribution in [-0.2, 0) is 5.41 Å². The lowest BCUT2D eigenvalue weighted by molar-refractivity contribution is 0.0697. The van der Waals surface area contributed by atoms with E-state index in [0.717, 1.165) is 18.7 Å². The molecule has 0 spiro atoms. The molecule has 0 saturated heterocycles. The number of hydrogen-bond donors (Lipinski definition) is 2. The Kier molecular flexibility index (Phi) is 6.88. The average Bonchev–Trinajstić information content (AvgIpc) is 2.66. The summed E-state index contributed by atoms with van der Waals surface area (Å²) in [5.41, 5.74) is 3.95. The molecule has 0 aliphatic carbocycles. The molecule has 0 amide bonds. The zero-order valence-electron chi connectivity index (χ0n) is 17.3. The molecule has 4 nitrogen and oxygen atoms in total. The van der Waals surface area contributed by atoms with E-state index in [1.165, 1.54) is 23.4 Å². The molecule has 0 heterocycles. The molecule has 0 radical (unpaired) electrons. The molecule has 0 bridgehead atoms. The van der Waals surface area contributed by atoms with Gasteiger partial charge in [-0.15, -0.1) is 0 Å². The minimum Gasteiger partial charge on any atom is -0.478 e. The molecule has 2 N–H and O–H groups in total. The maximum Gasteiger partial charge on any atom is 0.335 e. The van der Waals surface area contributed by atoms with Crippen molar-refractivity contribution in [3.63, 3.8) is 0 Å². The molecular weight excluding hydrogens is 350 g/mol. The standard InChI is InChI=1S/C24H29NO3/c1-6-25(7-2)21-14-13-19(16-20(21)24(3,4)5)22(26)15-10-17-8-11-18(12-9-17)23(27)28/h8-9,11-14,16,22,26H,6-7H2,1-5H3,(H,27,28). The zero-order valence-corrected chi connectivity index (χ0v) is 17.3. The molecule has 0 saturated carbocycles. The summed E-state index contributed by atoms with van der Waals surface area (Å²) in [5.74, 6) is 4.82. The van der Waals surface area contributed by atoms with Crippen molar-refractivity contribution in [1.29, 1.82) is 0 Å². The van der Waals surface area contributed by atoms with Crippen LogP contribution in [0.15, 0.2) is 42.5 Å².